The first kappa shape index (κ1) is 85.5. The van der Waals surface area contributed by atoms with E-state index in [2.05, 4.69) is 52.5 Å². The van der Waals surface area contributed by atoms with Gasteiger partial charge in [0.2, 0.25) is 41.4 Å². The molecule has 0 aliphatic carbocycles. The predicted octanol–water partition coefficient (Wildman–Crippen LogP) is 1.57. The first-order valence-electron chi connectivity index (χ1n) is 34.7. The number of carboxylic acids is 3. The third-order valence-corrected chi connectivity index (χ3v) is 17.1. The van der Waals surface area contributed by atoms with Gasteiger partial charge < -0.3 is 99.5 Å². The fourth-order valence-corrected chi connectivity index (χ4v) is 11.1. The summed E-state index contributed by atoms with van der Waals surface area (Å²) >= 11 is 0. The van der Waals surface area contributed by atoms with E-state index in [9.17, 15) is 72.9 Å². The molecule has 1 saturated heterocycles. The van der Waals surface area contributed by atoms with E-state index in [1.165, 1.54) is 41.7 Å². The number of likely N-dealkylation sites (tertiary alicyclic amines) is 1. The quantitative estimate of drug-likeness (QED) is 0.0151. The van der Waals surface area contributed by atoms with Crippen molar-refractivity contribution in [2.75, 3.05) is 19.6 Å². The van der Waals surface area contributed by atoms with Crippen LogP contribution in [0.4, 0.5) is 9.59 Å². The molecule has 0 saturated carbocycles. The molecule has 35 nitrogen and oxygen atoms in total. The van der Waals surface area contributed by atoms with Gasteiger partial charge in [0.15, 0.2) is 11.9 Å². The lowest BCUT2D eigenvalue weighted by Gasteiger charge is -2.32. The fourth-order valence-electron chi connectivity index (χ4n) is 11.1. The summed E-state index contributed by atoms with van der Waals surface area (Å²) in [4.78, 5) is 168. The Kier molecular flexibility index (Phi) is 35.0. The number of amides is 9. The molecule has 21 N–H and O–H groups in total. The van der Waals surface area contributed by atoms with E-state index < -0.39 is 144 Å². The van der Waals surface area contributed by atoms with Crippen LogP contribution in [0.5, 0.6) is 5.75 Å². The van der Waals surface area contributed by atoms with Crippen LogP contribution in [0.3, 0.4) is 0 Å². The lowest BCUT2D eigenvalue weighted by molar-refractivity contribution is -0.145. The number of aromatic hydroxyl groups is 1. The van der Waals surface area contributed by atoms with E-state index in [-0.39, 0.29) is 102 Å². The van der Waals surface area contributed by atoms with Crippen LogP contribution in [0.25, 0.3) is 0 Å². The Balaban J connectivity index is 0.000000532. The van der Waals surface area contributed by atoms with Crippen molar-refractivity contribution < 1.29 is 87.4 Å². The van der Waals surface area contributed by atoms with E-state index in [0.717, 1.165) is 0 Å². The number of rotatable bonds is 39. The summed E-state index contributed by atoms with van der Waals surface area (Å²) in [6, 6.07) is 20.0. The van der Waals surface area contributed by atoms with Crippen molar-refractivity contribution in [3.63, 3.8) is 0 Å². The van der Waals surface area contributed by atoms with Gasteiger partial charge in [-0.1, -0.05) is 137 Å². The number of nitrogens with two attached hydrogens (primary N) is 3. The second kappa shape index (κ2) is 43.8. The minimum absolute atomic E-state index is 0.00272. The van der Waals surface area contributed by atoms with Gasteiger partial charge >= 0.3 is 30.1 Å². The number of ether oxygens (including phenoxy) is 2. The van der Waals surface area contributed by atoms with E-state index in [1.807, 2.05) is 0 Å². The van der Waals surface area contributed by atoms with Gasteiger partial charge in [-0.15, -0.1) is 0 Å². The van der Waals surface area contributed by atoms with Crippen molar-refractivity contribution in [2.24, 2.45) is 29.0 Å². The standard InChI is InChI=1S/C50H71N13O12.C22H26N4O6/c1-5-28(4)41(47(72)59-36(23-31-25-54-26-56-31)48(73)63-20-10-14-38(63)45(70)60-37(49(74)75)22-29-11-7-6-8-12-29)62-44(69)35(21-30-15-17-32(64)18-16-30)58-46(71)40(27(2)3)61-43(68)34(13-9-19-55-50(52)53)57-42(67)33(51)24-39(65)66;23-20(24)25-13-7-12-18(19(27)28)26(21(29)31-14-16-8-3-1-4-9-16)22(30)32-15-17-10-5-2-6-11-17/h6-8,11-12,15-18,25-28,33-38,40-41,64H,5,9-10,13-14,19-24,51H2,1-4H3,(H,54,56)(H,57,67)(H,58,71)(H,59,72)(H,60,70)(H,61,68)(H,62,69)(H,65,66)(H,74,75)(H4,52,53,55);1-6,8-11,18H,7,12-15H2,(H,27,28)(H4,23,24,25)/t28-,33-,34-,35-,36-,37-,38-,40-,41-;/m0./s1. The lowest BCUT2D eigenvalue weighted by atomic mass is 9.96. The van der Waals surface area contributed by atoms with E-state index in [1.54, 1.807) is 119 Å². The molecule has 1 fully saturated rings. The number of aromatic amines is 1. The molecule has 2 heterocycles. The molecule has 1 unspecified atom stereocenters. The van der Waals surface area contributed by atoms with Gasteiger partial charge in [-0.3, -0.25) is 49.2 Å². The van der Waals surface area contributed by atoms with Crippen molar-refractivity contribution in [2.45, 2.75) is 166 Å². The molecule has 1 aliphatic heterocycles. The molecule has 6 rings (SSSR count). The van der Waals surface area contributed by atoms with Gasteiger partial charge in [0.1, 0.15) is 67.3 Å². The number of carbonyl (C=O) groups excluding carboxylic acids is 9. The summed E-state index contributed by atoms with van der Waals surface area (Å²) in [6.07, 6.45) is 0.817. The molecule has 0 radical (unpaired) electrons. The number of aliphatic carboxylic acids is 3. The summed E-state index contributed by atoms with van der Waals surface area (Å²) in [5, 5.41) is 74.5. The number of hydrogen-bond donors (Lipinski definition) is 18. The monoisotopic (exact) mass is 1490 g/mol. The molecule has 5 aromatic rings. The maximum absolute atomic E-state index is 14.6. The van der Waals surface area contributed by atoms with Crippen molar-refractivity contribution >= 4 is 83.4 Å². The Labute approximate surface area is 617 Å². The number of phenols is 1. The number of imidazole rings is 1. The number of carbonyl (C=O) groups is 12. The summed E-state index contributed by atoms with van der Waals surface area (Å²) < 4.78 is 10.4. The van der Waals surface area contributed by atoms with Crippen molar-refractivity contribution in [1.29, 1.82) is 10.8 Å². The van der Waals surface area contributed by atoms with Crippen LogP contribution in [-0.4, -0.2) is 198 Å². The molecule has 0 bridgehead atoms. The van der Waals surface area contributed by atoms with Crippen LogP contribution in [0.15, 0.2) is 128 Å². The van der Waals surface area contributed by atoms with Gasteiger partial charge in [-0.05, 0) is 84.7 Å². The van der Waals surface area contributed by atoms with Crippen molar-refractivity contribution in [3.8, 4) is 5.75 Å². The zero-order valence-corrected chi connectivity index (χ0v) is 59.9. The molecule has 4 aromatic carbocycles. The smallest absolute Gasteiger partial charge is 0.420 e. The van der Waals surface area contributed by atoms with Gasteiger partial charge in [0.05, 0.1) is 18.8 Å². The number of phenolic OH excluding ortho intramolecular Hbond substituents is 1. The van der Waals surface area contributed by atoms with Gasteiger partial charge in [0.25, 0.3) is 0 Å². The van der Waals surface area contributed by atoms with Crippen LogP contribution in [0, 0.1) is 22.7 Å². The highest BCUT2D eigenvalue weighted by molar-refractivity contribution is 5.99. The van der Waals surface area contributed by atoms with Crippen LogP contribution in [0.1, 0.15) is 107 Å². The molecular formula is C72H97N17O18. The normalized spacial score (nSPS) is 14.8. The highest BCUT2D eigenvalue weighted by atomic mass is 16.6. The summed E-state index contributed by atoms with van der Waals surface area (Å²) in [5.41, 5.74) is 19.3. The molecule has 9 amide bonds. The molecule has 0 spiro atoms. The number of hydrogen-bond acceptors (Lipinski definition) is 19. The Morgan fingerprint density at radius 1 is 0.598 bits per heavy atom. The Hall–Kier alpha value is -12.2. The third kappa shape index (κ3) is 29.1. The summed E-state index contributed by atoms with van der Waals surface area (Å²) in [5.74, 6) is -11.4. The first-order valence-corrected chi connectivity index (χ1v) is 34.7. The highest BCUT2D eigenvalue weighted by Gasteiger charge is 2.42. The van der Waals surface area contributed by atoms with Gasteiger partial charge in [0, 0.05) is 50.8 Å². The molecule has 578 valence electrons. The zero-order chi connectivity index (χ0) is 78.7. The number of guanidine groups is 2. The second-order valence-corrected chi connectivity index (χ2v) is 25.7. The maximum Gasteiger partial charge on any atom is 0.420 e. The minimum atomic E-state index is -1.52. The number of nitrogens with zero attached hydrogens (tertiary/aromatic N) is 3. The van der Waals surface area contributed by atoms with E-state index in [4.69, 9.17) is 42.6 Å². The molecule has 1 aromatic heterocycles. The van der Waals surface area contributed by atoms with Crippen molar-refractivity contribution in [3.05, 3.63) is 156 Å². The number of imide groups is 1. The minimum Gasteiger partial charge on any atom is -0.508 e. The second-order valence-electron chi connectivity index (χ2n) is 25.7. The number of carboxylic acid groups (broad SMARTS) is 3. The third-order valence-electron chi connectivity index (χ3n) is 17.1. The largest absolute Gasteiger partial charge is 0.508 e. The molecule has 1 aliphatic rings. The number of nitrogens with one attached hydrogen (secondary N) is 11. The van der Waals surface area contributed by atoms with Gasteiger partial charge in [-0.25, -0.2) is 24.2 Å². The van der Waals surface area contributed by atoms with Crippen LogP contribution < -0.4 is 59.7 Å². The average Bonchev–Trinajstić information content (AvgIpc) is 1.73. The van der Waals surface area contributed by atoms with E-state index >= 15 is 0 Å². The molecular weight excluding hydrogens is 1390 g/mol. The Morgan fingerprint density at radius 3 is 1.60 bits per heavy atom. The Morgan fingerprint density at radius 2 is 1.09 bits per heavy atom. The van der Waals surface area contributed by atoms with Crippen LogP contribution in [-0.2, 0) is 89.9 Å². The predicted molar refractivity (Wildman–Crippen MR) is 388 cm³/mol. The highest BCUT2D eigenvalue weighted by Crippen LogP contribution is 2.22. The lowest BCUT2D eigenvalue weighted by Crippen LogP contribution is -2.62. The average molecular weight is 1490 g/mol. The summed E-state index contributed by atoms with van der Waals surface area (Å²) in [7, 11) is 0. The SMILES string of the molecule is CC[C@H](C)[C@H](NC(=O)[C@H](Cc1ccc(O)cc1)NC(=O)[C@@H](NC(=O)[C@H](CCCNC(=N)N)NC(=O)[C@@H](N)CC(=O)O)C(C)C)C(=O)N[C@@H](Cc1cnc[nH]1)C(=O)N1CCC[C@H]1C(=O)N[C@@H](Cc1ccccc1)C(=O)O.N=C(N)NCCCC(C(=O)O)N(C(=O)OCc1ccccc1)C(=O)OCc1ccccc1. The molecule has 107 heavy (non-hydrogen) atoms. The topological polar surface area (TPSA) is 561 Å². The Bertz CT molecular complexity index is 3730. The molecule has 10 atom stereocenters. The first-order chi connectivity index (χ1) is 51.0. The number of H-pyrrole nitrogens is 1. The van der Waals surface area contributed by atoms with Crippen LogP contribution >= 0.6 is 0 Å². The zero-order valence-electron chi connectivity index (χ0n) is 59.9. The number of aromatic nitrogens is 2. The van der Waals surface area contributed by atoms with E-state index in [0.29, 0.717) is 45.7 Å². The van der Waals surface area contributed by atoms with Crippen LogP contribution in [0.2, 0.25) is 0 Å². The fraction of sp³-hybridized carbons (Fsp3) is 0.431. The van der Waals surface area contributed by atoms with Gasteiger partial charge in [-0.2, -0.15) is 4.90 Å². The maximum atomic E-state index is 14.6. The van der Waals surface area contributed by atoms with Crippen molar-refractivity contribution in [1.82, 2.24) is 62.3 Å². The molecule has 35 heteroatoms. The summed E-state index contributed by atoms with van der Waals surface area (Å²) in [6.45, 7) is 6.88. The number of benzene rings is 4.